The van der Waals surface area contributed by atoms with Gasteiger partial charge in [-0.2, -0.15) is 13.2 Å². The lowest BCUT2D eigenvalue weighted by Crippen LogP contribution is -2.62. The molecular formula is C53H63F3N6O11. The predicted octanol–water partition coefficient (Wildman–Crippen LogP) is 4.18. The molecule has 6 rings (SSSR count). The lowest BCUT2D eigenvalue weighted by Gasteiger charge is -2.33. The van der Waals surface area contributed by atoms with E-state index in [1.54, 1.807) is 12.1 Å². The average molecular weight is 1020 g/mol. The Hall–Kier alpha value is -7.48. The van der Waals surface area contributed by atoms with E-state index in [9.17, 15) is 57.3 Å². The van der Waals surface area contributed by atoms with Gasteiger partial charge in [0.2, 0.25) is 23.6 Å². The highest BCUT2D eigenvalue weighted by molar-refractivity contribution is 5.97. The van der Waals surface area contributed by atoms with Crippen LogP contribution in [-0.4, -0.2) is 117 Å². The number of phenolic OH excluding ortho intramolecular Hbond substituents is 2. The number of carboxylic acids is 2. The molecule has 1 saturated heterocycles. The third-order valence-corrected chi connectivity index (χ3v) is 12.8. The number of nitrogens with zero attached hydrogens (tertiary/aromatic N) is 2. The van der Waals surface area contributed by atoms with Gasteiger partial charge >= 0.3 is 12.1 Å². The van der Waals surface area contributed by atoms with Crippen LogP contribution in [0, 0.1) is 0 Å². The first kappa shape index (κ1) is 56.4. The molecule has 4 aromatic rings. The van der Waals surface area contributed by atoms with Gasteiger partial charge in [-0.15, -0.1) is 0 Å². The van der Waals surface area contributed by atoms with E-state index in [1.807, 2.05) is 12.1 Å². The maximum Gasteiger partial charge on any atom is 0.430 e. The molecule has 73 heavy (non-hydrogen) atoms. The summed E-state index contributed by atoms with van der Waals surface area (Å²) in [4.78, 5) is 92.3. The number of likely N-dealkylation sites (tertiary alicyclic amines) is 1. The summed E-state index contributed by atoms with van der Waals surface area (Å²) in [7, 11) is 1.39. The molecule has 0 unspecified atom stereocenters. The maximum atomic E-state index is 14.5. The molecule has 0 aromatic heterocycles. The van der Waals surface area contributed by atoms with Crippen molar-refractivity contribution in [2.45, 2.75) is 121 Å². The summed E-state index contributed by atoms with van der Waals surface area (Å²) in [6.45, 7) is 3.78. The molecule has 5 atom stereocenters. The zero-order valence-corrected chi connectivity index (χ0v) is 41.0. The predicted molar refractivity (Wildman–Crippen MR) is 260 cm³/mol. The second kappa shape index (κ2) is 25.8. The fourth-order valence-corrected chi connectivity index (χ4v) is 8.79. The van der Waals surface area contributed by atoms with Crippen molar-refractivity contribution in [3.05, 3.63) is 107 Å². The molecule has 0 saturated carbocycles. The number of amides is 5. The Kier molecular flexibility index (Phi) is 19.9. The van der Waals surface area contributed by atoms with Gasteiger partial charge in [-0.3, -0.25) is 24.0 Å². The first-order valence-corrected chi connectivity index (χ1v) is 24.2. The Balaban J connectivity index is 0.00000131. The number of halogens is 3. The van der Waals surface area contributed by atoms with Crippen LogP contribution in [0.5, 0.6) is 11.5 Å². The number of carboxylic acid groups (broad SMARTS) is 2. The van der Waals surface area contributed by atoms with E-state index in [1.165, 1.54) is 111 Å². The first-order valence-electron chi connectivity index (χ1n) is 24.2. The van der Waals surface area contributed by atoms with Crippen molar-refractivity contribution in [1.29, 1.82) is 0 Å². The van der Waals surface area contributed by atoms with Crippen molar-refractivity contribution in [2.24, 2.45) is 0 Å². The standard InChI is InChI=1S/C51H62N6O9.C2HF3O2/c1-4-5-6-7-8-9-10-11-32-12-15-34(16-13-32)35-17-19-36(20-18-35)48(62)53-25-24-45(60)57-30-38(52)29-42(57)50(64)56(3)46-37-21-23-44(59)40(28-37)39-26-33(14-22-43(39)58)27-41(51(65)66)55-47(61)31(2)54-49(46)63;3-2(4,5)1(6)7/h12-23,26,28,31,38,41-42,46,58-59H,4-11,24-25,27,29-30,52H2,1-3H3,(H,53,62)(H,54,63)(H,55,61)(H,65,66);(H,6,7)/t31-,38-,41-,42-,46-;/m0./s1. The molecule has 0 radical (unpaired) electrons. The van der Waals surface area contributed by atoms with Crippen LogP contribution in [-0.2, 0) is 41.6 Å². The molecule has 20 heteroatoms. The maximum absolute atomic E-state index is 14.5. The number of phenols is 2. The molecular weight excluding hydrogens is 954 g/mol. The van der Waals surface area contributed by atoms with Crippen LogP contribution in [0.2, 0.25) is 0 Å². The largest absolute Gasteiger partial charge is 0.542 e. The van der Waals surface area contributed by atoms with Crippen LogP contribution in [0.3, 0.4) is 0 Å². The van der Waals surface area contributed by atoms with Gasteiger partial charge in [-0.25, -0.2) is 4.79 Å². The van der Waals surface area contributed by atoms with Crippen LogP contribution < -0.4 is 26.8 Å². The highest BCUT2D eigenvalue weighted by atomic mass is 19.4. The highest BCUT2D eigenvalue weighted by Crippen LogP contribution is 2.39. The number of aromatic hydroxyl groups is 2. The number of carbonyl (C=O) groups excluding carboxylic acids is 6. The zero-order chi connectivity index (χ0) is 53.6. The van der Waals surface area contributed by atoms with Crippen molar-refractivity contribution in [3.8, 4) is 33.8 Å². The average Bonchev–Trinajstić information content (AvgIpc) is 3.75. The third kappa shape index (κ3) is 15.5. The minimum Gasteiger partial charge on any atom is -0.542 e. The number of unbranched alkanes of at least 4 members (excludes halogenated alkanes) is 6. The molecule has 2 aliphatic rings. The Bertz CT molecular complexity index is 2610. The van der Waals surface area contributed by atoms with Gasteiger partial charge in [0.25, 0.3) is 5.91 Å². The number of rotatable bonds is 16. The number of aliphatic carboxylic acids is 2. The number of nitrogens with one attached hydrogen (secondary N) is 3. The summed E-state index contributed by atoms with van der Waals surface area (Å²) >= 11 is 0. The molecule has 9 N–H and O–H groups in total. The lowest BCUT2D eigenvalue weighted by atomic mass is 9.93. The minimum atomic E-state index is -5.19. The zero-order valence-electron chi connectivity index (χ0n) is 41.0. The van der Waals surface area contributed by atoms with Gasteiger partial charge in [0.15, 0.2) is 0 Å². The highest BCUT2D eigenvalue weighted by Gasteiger charge is 2.44. The second-order valence-electron chi connectivity index (χ2n) is 18.4. The van der Waals surface area contributed by atoms with Gasteiger partial charge in [0.05, 0.1) is 6.54 Å². The van der Waals surface area contributed by atoms with Crippen molar-refractivity contribution < 1.29 is 72.9 Å². The van der Waals surface area contributed by atoms with Gasteiger partial charge in [-0.1, -0.05) is 94.0 Å². The number of carbonyl (C=O) groups is 7. The van der Waals surface area contributed by atoms with Gasteiger partial charge in [0.1, 0.15) is 47.7 Å². The number of hydrogen-bond donors (Lipinski definition) is 7. The van der Waals surface area contributed by atoms with Crippen molar-refractivity contribution in [2.75, 3.05) is 20.1 Å². The Morgan fingerprint density at radius 3 is 2.00 bits per heavy atom. The van der Waals surface area contributed by atoms with Crippen LogP contribution in [0.15, 0.2) is 84.9 Å². The molecule has 0 aliphatic carbocycles. The number of benzene rings is 4. The quantitative estimate of drug-likeness (QED) is 0.0783. The SMILES string of the molecule is CCCCCCCCCc1ccc(-c2ccc(C(=O)NCCC(=O)N3C[C@@H]([NH3+])C[C@H]3C(=O)N(C)[C@@H]3C(=O)N[C@@H](C)C(=O)N[C@H](C(=O)O)Cc4ccc(O)c(c4)-c4cc3ccc4O)cc2)cc1.O=C([O-])C(F)(F)F. The Morgan fingerprint density at radius 1 is 0.822 bits per heavy atom. The monoisotopic (exact) mass is 1020 g/mol. The van der Waals surface area contributed by atoms with E-state index in [2.05, 4.69) is 52.9 Å². The fourth-order valence-electron chi connectivity index (χ4n) is 8.79. The van der Waals surface area contributed by atoms with Crippen molar-refractivity contribution in [3.63, 3.8) is 0 Å². The molecule has 1 fully saturated rings. The van der Waals surface area contributed by atoms with E-state index < -0.39 is 65.9 Å². The van der Waals surface area contributed by atoms with E-state index in [-0.39, 0.29) is 72.5 Å². The number of fused-ring (bicyclic) bond motifs is 5. The summed E-state index contributed by atoms with van der Waals surface area (Å²) in [6.07, 6.45) is 4.72. The second-order valence-corrected chi connectivity index (χ2v) is 18.4. The molecule has 2 heterocycles. The first-order chi connectivity index (χ1) is 34.6. The Labute approximate surface area is 420 Å². The molecule has 4 bridgehead atoms. The number of alkyl halides is 3. The van der Waals surface area contributed by atoms with Crippen molar-refractivity contribution >= 4 is 41.5 Å². The molecule has 0 spiro atoms. The normalized spacial score (nSPS) is 18.8. The van der Waals surface area contributed by atoms with E-state index in [0.717, 1.165) is 17.5 Å². The van der Waals surface area contributed by atoms with E-state index in [4.69, 9.17) is 9.90 Å². The molecule has 5 amide bonds. The number of quaternary nitrogens is 1. The van der Waals surface area contributed by atoms with Crippen LogP contribution in [0.1, 0.15) is 105 Å². The van der Waals surface area contributed by atoms with E-state index >= 15 is 0 Å². The topological polar surface area (TPSA) is 273 Å². The van der Waals surface area contributed by atoms with Crippen molar-refractivity contribution in [1.82, 2.24) is 25.8 Å². The van der Waals surface area contributed by atoms with E-state index in [0.29, 0.717) is 11.1 Å². The summed E-state index contributed by atoms with van der Waals surface area (Å²) in [5.41, 5.74) is 8.80. The lowest BCUT2D eigenvalue weighted by molar-refractivity contribution is -0.414. The molecule has 392 valence electrons. The summed E-state index contributed by atoms with van der Waals surface area (Å²) in [6, 6.07) is 19.0. The Morgan fingerprint density at radius 2 is 1.40 bits per heavy atom. The molecule has 4 aromatic carbocycles. The summed E-state index contributed by atoms with van der Waals surface area (Å²) in [5.74, 6) is -7.74. The molecule has 2 aliphatic heterocycles. The van der Waals surface area contributed by atoms with Crippen LogP contribution in [0.25, 0.3) is 22.3 Å². The summed E-state index contributed by atoms with van der Waals surface area (Å²) in [5, 5.41) is 48.4. The van der Waals surface area contributed by atoms with Gasteiger partial charge in [0, 0.05) is 49.5 Å². The third-order valence-electron chi connectivity index (χ3n) is 12.8. The van der Waals surface area contributed by atoms with Gasteiger partial charge < -0.3 is 56.7 Å². The molecule has 17 nitrogen and oxygen atoms in total. The minimum absolute atomic E-state index is 0.00668. The van der Waals surface area contributed by atoms with Crippen LogP contribution >= 0.6 is 0 Å². The number of likely N-dealkylation sites (N-methyl/N-ethyl adjacent to an activating group) is 1. The number of hydrogen-bond acceptors (Lipinski definition) is 10. The van der Waals surface area contributed by atoms with Crippen LogP contribution in [0.4, 0.5) is 13.2 Å². The smallest absolute Gasteiger partial charge is 0.430 e. The fraction of sp³-hybridized carbons (Fsp3) is 0.415. The van der Waals surface area contributed by atoms with Gasteiger partial charge in [-0.05, 0) is 84.0 Å². The number of aryl methyl sites for hydroxylation is 1. The summed E-state index contributed by atoms with van der Waals surface area (Å²) < 4.78 is 31.5.